The summed E-state index contributed by atoms with van der Waals surface area (Å²) in [5.41, 5.74) is 3.42. The van der Waals surface area contributed by atoms with Crippen molar-refractivity contribution >= 4 is 0 Å². The van der Waals surface area contributed by atoms with E-state index in [0.29, 0.717) is 6.61 Å². The standard InChI is InChI=1S/C20H16O3.2C4H8/c21-17-9-5-15(6-10-17)20(16-7-11-18(22)12-8-16)19-4-2-1-3-14(19)13-23-20;2*1-3-4-2/h1-12,21-22H,13H2;2*3H,1,4H2,2H3. The van der Waals surface area contributed by atoms with Crippen LogP contribution in [-0.4, -0.2) is 10.2 Å². The van der Waals surface area contributed by atoms with Gasteiger partial charge in [-0.05, 0) is 59.4 Å². The van der Waals surface area contributed by atoms with Crippen LogP contribution in [0.3, 0.4) is 0 Å². The fourth-order valence-electron chi connectivity index (χ4n) is 3.29. The predicted molar refractivity (Wildman–Crippen MR) is 128 cm³/mol. The highest BCUT2D eigenvalue weighted by molar-refractivity contribution is 5.53. The van der Waals surface area contributed by atoms with Gasteiger partial charge in [0.15, 0.2) is 0 Å². The van der Waals surface area contributed by atoms with Crippen LogP contribution in [0.4, 0.5) is 0 Å². The summed E-state index contributed by atoms with van der Waals surface area (Å²) < 4.78 is 6.30. The number of phenolic OH excluding ortho intramolecular Hbond substituents is 2. The van der Waals surface area contributed by atoms with Crippen molar-refractivity contribution in [2.75, 3.05) is 0 Å². The molecule has 0 unspecified atom stereocenters. The summed E-state index contributed by atoms with van der Waals surface area (Å²) in [5.74, 6) is 0.446. The van der Waals surface area contributed by atoms with E-state index in [4.69, 9.17) is 4.74 Å². The number of benzene rings is 3. The van der Waals surface area contributed by atoms with Crippen molar-refractivity contribution in [1.29, 1.82) is 0 Å². The number of fused-ring (bicyclic) bond motifs is 1. The highest BCUT2D eigenvalue weighted by Gasteiger charge is 2.43. The number of rotatable bonds is 4. The smallest absolute Gasteiger partial charge is 0.144 e. The molecule has 3 nitrogen and oxygen atoms in total. The van der Waals surface area contributed by atoms with Crippen LogP contribution in [0.25, 0.3) is 0 Å². The van der Waals surface area contributed by atoms with Gasteiger partial charge in [-0.3, -0.25) is 0 Å². The highest BCUT2D eigenvalue weighted by atomic mass is 16.5. The Morgan fingerprint density at radius 2 is 1.19 bits per heavy atom. The first-order valence-corrected chi connectivity index (χ1v) is 10.6. The van der Waals surface area contributed by atoms with E-state index >= 15 is 0 Å². The molecular formula is C28H32O3. The van der Waals surface area contributed by atoms with Gasteiger partial charge in [0.05, 0.1) is 6.61 Å². The lowest BCUT2D eigenvalue weighted by atomic mass is 9.80. The van der Waals surface area contributed by atoms with Crippen LogP contribution in [-0.2, 0) is 16.9 Å². The third-order valence-corrected chi connectivity index (χ3v) is 4.97. The average Bonchev–Trinajstić information content (AvgIpc) is 3.21. The Kier molecular flexibility index (Phi) is 9.11. The average molecular weight is 417 g/mol. The van der Waals surface area contributed by atoms with Gasteiger partial charge >= 0.3 is 0 Å². The maximum absolute atomic E-state index is 9.61. The number of aromatic hydroxyl groups is 2. The van der Waals surface area contributed by atoms with Gasteiger partial charge in [-0.25, -0.2) is 0 Å². The summed E-state index contributed by atoms with van der Waals surface area (Å²) in [6, 6.07) is 22.3. The molecule has 4 rings (SSSR count). The summed E-state index contributed by atoms with van der Waals surface area (Å²) in [7, 11) is 0. The van der Waals surface area contributed by atoms with E-state index in [1.165, 1.54) is 0 Å². The first kappa shape index (κ1) is 24.0. The van der Waals surface area contributed by atoms with Gasteiger partial charge < -0.3 is 14.9 Å². The molecule has 2 N–H and O–H groups in total. The zero-order chi connectivity index (χ0) is 22.7. The van der Waals surface area contributed by atoms with E-state index in [1.54, 1.807) is 24.3 Å². The topological polar surface area (TPSA) is 49.7 Å². The molecular weight excluding hydrogens is 384 g/mol. The van der Waals surface area contributed by atoms with Gasteiger partial charge in [-0.2, -0.15) is 0 Å². The van der Waals surface area contributed by atoms with Crippen molar-refractivity contribution in [1.82, 2.24) is 0 Å². The lowest BCUT2D eigenvalue weighted by Gasteiger charge is -2.31. The molecule has 3 aromatic carbocycles. The van der Waals surface area contributed by atoms with E-state index in [-0.39, 0.29) is 11.5 Å². The minimum absolute atomic E-state index is 0.223. The Balaban J connectivity index is 0.000000370. The van der Waals surface area contributed by atoms with E-state index in [0.717, 1.165) is 35.1 Å². The molecule has 0 amide bonds. The van der Waals surface area contributed by atoms with Crippen molar-refractivity contribution in [2.24, 2.45) is 0 Å². The van der Waals surface area contributed by atoms with Crippen molar-refractivity contribution in [3.63, 3.8) is 0 Å². The molecule has 0 atom stereocenters. The van der Waals surface area contributed by atoms with Crippen molar-refractivity contribution in [3.05, 3.63) is 120 Å². The molecule has 0 aliphatic carbocycles. The Hall–Kier alpha value is -3.30. The third-order valence-electron chi connectivity index (χ3n) is 4.97. The van der Waals surface area contributed by atoms with E-state index in [2.05, 4.69) is 39.1 Å². The van der Waals surface area contributed by atoms with E-state index < -0.39 is 5.60 Å². The van der Waals surface area contributed by atoms with Crippen molar-refractivity contribution in [2.45, 2.75) is 38.9 Å². The Morgan fingerprint density at radius 1 is 0.774 bits per heavy atom. The van der Waals surface area contributed by atoms with Crippen LogP contribution in [0.1, 0.15) is 48.9 Å². The zero-order valence-electron chi connectivity index (χ0n) is 18.4. The molecule has 0 spiro atoms. The Labute approximate surface area is 186 Å². The summed E-state index contributed by atoms with van der Waals surface area (Å²) in [6.45, 7) is 11.6. The second kappa shape index (κ2) is 11.8. The van der Waals surface area contributed by atoms with E-state index in [9.17, 15) is 10.2 Å². The van der Waals surface area contributed by atoms with E-state index in [1.807, 2.05) is 48.6 Å². The minimum atomic E-state index is -0.724. The second-order valence-corrected chi connectivity index (χ2v) is 7.11. The quantitative estimate of drug-likeness (QED) is 0.447. The fraction of sp³-hybridized carbons (Fsp3) is 0.214. The zero-order valence-corrected chi connectivity index (χ0v) is 18.4. The molecule has 1 aliphatic heterocycles. The van der Waals surface area contributed by atoms with Crippen molar-refractivity contribution in [3.8, 4) is 11.5 Å². The summed E-state index contributed by atoms with van der Waals surface area (Å²) in [6.07, 6.45) is 5.92. The first-order chi connectivity index (χ1) is 15.0. The molecule has 0 aromatic heterocycles. The SMILES string of the molecule is C=CCC.C=CCC.Oc1ccc(C2(c3ccc(O)cc3)OCc3ccccc32)cc1. The van der Waals surface area contributed by atoms with Gasteiger partial charge in [0.25, 0.3) is 0 Å². The lowest BCUT2D eigenvalue weighted by Crippen LogP contribution is -2.28. The van der Waals surface area contributed by atoms with Gasteiger partial charge in [-0.15, -0.1) is 13.2 Å². The second-order valence-electron chi connectivity index (χ2n) is 7.11. The number of phenols is 2. The van der Waals surface area contributed by atoms with Crippen LogP contribution < -0.4 is 0 Å². The van der Waals surface area contributed by atoms with Gasteiger partial charge in [-0.1, -0.05) is 74.5 Å². The van der Waals surface area contributed by atoms with Crippen LogP contribution >= 0.6 is 0 Å². The molecule has 0 fully saturated rings. The largest absolute Gasteiger partial charge is 0.508 e. The first-order valence-electron chi connectivity index (χ1n) is 10.6. The Morgan fingerprint density at radius 3 is 1.61 bits per heavy atom. The van der Waals surface area contributed by atoms with Gasteiger partial charge in [0, 0.05) is 0 Å². The Bertz CT molecular complexity index is 903. The number of hydrogen-bond donors (Lipinski definition) is 2. The number of ether oxygens (including phenoxy) is 1. The molecule has 0 saturated carbocycles. The molecule has 31 heavy (non-hydrogen) atoms. The van der Waals surface area contributed by atoms with Crippen LogP contribution in [0, 0.1) is 0 Å². The monoisotopic (exact) mass is 416 g/mol. The van der Waals surface area contributed by atoms with Crippen LogP contribution in [0.15, 0.2) is 98.1 Å². The number of allylic oxidation sites excluding steroid dienone is 2. The highest BCUT2D eigenvalue weighted by Crippen LogP contribution is 2.47. The molecule has 3 aromatic rings. The minimum Gasteiger partial charge on any atom is -0.508 e. The molecule has 0 bridgehead atoms. The normalized spacial score (nSPS) is 13.0. The molecule has 162 valence electrons. The molecule has 3 heteroatoms. The third kappa shape index (κ3) is 5.65. The summed E-state index contributed by atoms with van der Waals surface area (Å²) >= 11 is 0. The van der Waals surface area contributed by atoms with Gasteiger partial charge in [0.1, 0.15) is 17.1 Å². The molecule has 1 heterocycles. The van der Waals surface area contributed by atoms with Crippen LogP contribution in [0.2, 0.25) is 0 Å². The summed E-state index contributed by atoms with van der Waals surface area (Å²) in [5, 5.41) is 19.2. The predicted octanol–water partition coefficient (Wildman–Crippen LogP) is 7.08. The maximum atomic E-state index is 9.61. The molecule has 0 radical (unpaired) electrons. The molecule has 0 saturated heterocycles. The van der Waals surface area contributed by atoms with Crippen molar-refractivity contribution < 1.29 is 14.9 Å². The molecule has 1 aliphatic rings. The number of hydrogen-bond acceptors (Lipinski definition) is 3. The summed E-state index contributed by atoms with van der Waals surface area (Å²) in [4.78, 5) is 0. The lowest BCUT2D eigenvalue weighted by molar-refractivity contribution is 0.0267. The van der Waals surface area contributed by atoms with Gasteiger partial charge in [0.2, 0.25) is 0 Å². The maximum Gasteiger partial charge on any atom is 0.144 e. The fourth-order valence-corrected chi connectivity index (χ4v) is 3.29. The van der Waals surface area contributed by atoms with Crippen LogP contribution in [0.5, 0.6) is 11.5 Å².